The minimum Gasteiger partial charge on any atom is -0.477 e. The van der Waals surface area contributed by atoms with Gasteiger partial charge in [0.05, 0.1) is 0 Å². The number of carboxylic acid groups (broad SMARTS) is 1. The average molecular weight is 522 g/mol. The first-order valence-electron chi connectivity index (χ1n) is 9.96. The highest BCUT2D eigenvalue weighted by molar-refractivity contribution is 8.00. The van der Waals surface area contributed by atoms with Gasteiger partial charge in [0.15, 0.2) is 35.7 Å². The molecule has 2 amide bonds. The van der Waals surface area contributed by atoms with Gasteiger partial charge >= 0.3 is 5.97 Å². The topological polar surface area (TPSA) is 151 Å². The Bertz CT molecular complexity index is 1170. The number of carbonyl (C=O) groups excluding carboxylic acids is 2. The van der Waals surface area contributed by atoms with Crippen LogP contribution in [0.15, 0.2) is 52.4 Å². The van der Waals surface area contributed by atoms with Crippen molar-refractivity contribution in [2.45, 2.75) is 18.0 Å². The van der Waals surface area contributed by atoms with E-state index in [4.69, 9.17) is 10.6 Å². The molecule has 4 rings (SSSR count). The van der Waals surface area contributed by atoms with E-state index in [2.05, 4.69) is 15.5 Å². The van der Waals surface area contributed by atoms with Gasteiger partial charge in [-0.3, -0.25) is 14.5 Å². The van der Waals surface area contributed by atoms with Gasteiger partial charge in [0.25, 0.3) is 11.8 Å². The lowest BCUT2D eigenvalue weighted by atomic mass is 10.0. The van der Waals surface area contributed by atoms with Crippen LogP contribution in [0.3, 0.4) is 0 Å². The first-order valence-corrected chi connectivity index (χ1v) is 13.3. The maximum Gasteiger partial charge on any atom is 0.352 e. The number of hydrogen-bond acceptors (Lipinski definition) is 10. The summed E-state index contributed by atoms with van der Waals surface area (Å²) in [5.74, 6) is -1.71. The molecule has 0 spiro atoms. The van der Waals surface area contributed by atoms with Gasteiger partial charge in [-0.25, -0.2) is 14.3 Å². The lowest BCUT2D eigenvalue weighted by Gasteiger charge is -2.49. The van der Waals surface area contributed by atoms with Crippen LogP contribution in [-0.4, -0.2) is 67.8 Å². The molecule has 2 aromatic rings. The molecule has 11 nitrogen and oxygen atoms in total. The van der Waals surface area contributed by atoms with Gasteiger partial charge in [-0.05, 0) is 6.26 Å². The van der Waals surface area contributed by atoms with Crippen molar-refractivity contribution < 1.29 is 28.9 Å². The molecule has 4 heterocycles. The van der Waals surface area contributed by atoms with Crippen LogP contribution in [0, 0.1) is 0 Å². The lowest BCUT2D eigenvalue weighted by Crippen LogP contribution is -2.71. The van der Waals surface area contributed by atoms with Crippen LogP contribution in [0.25, 0.3) is 0 Å². The van der Waals surface area contributed by atoms with Crippen molar-refractivity contribution in [3.05, 3.63) is 52.9 Å². The van der Waals surface area contributed by atoms with E-state index in [1.165, 1.54) is 28.4 Å². The summed E-state index contributed by atoms with van der Waals surface area (Å²) in [4.78, 5) is 48.4. The van der Waals surface area contributed by atoms with Gasteiger partial charge < -0.3 is 21.0 Å². The number of pyridine rings is 1. The molecule has 2 aromatic heterocycles. The molecule has 2 aliphatic heterocycles. The zero-order valence-corrected chi connectivity index (χ0v) is 20.4. The van der Waals surface area contributed by atoms with Gasteiger partial charge in [0, 0.05) is 28.8 Å². The molecular formula is C20H21N6O5S3+. The molecule has 2 aliphatic rings. The first kappa shape index (κ1) is 24.0. The summed E-state index contributed by atoms with van der Waals surface area (Å²) < 4.78 is 1.85. The second-order valence-corrected chi connectivity index (χ2v) is 10.0. The fraction of sp³-hybridized carbons (Fsp3) is 0.300. The number of aliphatic carboxylic acids is 1. The Labute approximate surface area is 207 Å². The van der Waals surface area contributed by atoms with Gasteiger partial charge in [0.2, 0.25) is 0 Å². The van der Waals surface area contributed by atoms with Gasteiger partial charge in [-0.1, -0.05) is 11.2 Å². The van der Waals surface area contributed by atoms with Gasteiger partial charge in [-0.2, -0.15) is 0 Å². The number of carbonyl (C=O) groups is 3. The number of oxime groups is 1. The number of nitrogens with two attached hydrogens (primary N) is 1. The normalized spacial score (nSPS) is 20.0. The highest BCUT2D eigenvalue weighted by Gasteiger charge is 2.54. The van der Waals surface area contributed by atoms with Crippen molar-refractivity contribution in [3.8, 4) is 0 Å². The number of carboxylic acids is 1. The van der Waals surface area contributed by atoms with Gasteiger partial charge in [-0.15, -0.1) is 34.9 Å². The van der Waals surface area contributed by atoms with E-state index in [1.807, 2.05) is 41.4 Å². The molecule has 2 atom stereocenters. The maximum absolute atomic E-state index is 13.0. The lowest BCUT2D eigenvalue weighted by molar-refractivity contribution is -0.689. The van der Waals surface area contributed by atoms with E-state index in [9.17, 15) is 19.5 Å². The number of fused-ring (bicyclic) bond motifs is 1. The van der Waals surface area contributed by atoms with Crippen molar-refractivity contribution in [1.82, 2.24) is 15.2 Å². The number of anilines is 1. The summed E-state index contributed by atoms with van der Waals surface area (Å²) in [5, 5.41) is 17.7. The smallest absolute Gasteiger partial charge is 0.352 e. The molecule has 4 N–H and O–H groups in total. The third-order valence-corrected chi connectivity index (χ3v) is 7.35. The Balaban J connectivity index is 1.52. The third-order valence-electron chi connectivity index (χ3n) is 4.99. The van der Waals surface area contributed by atoms with E-state index in [0.29, 0.717) is 17.9 Å². The Morgan fingerprint density at radius 1 is 1.41 bits per heavy atom. The van der Waals surface area contributed by atoms with E-state index in [-0.39, 0.29) is 28.2 Å². The fourth-order valence-corrected chi connectivity index (χ4v) is 5.56. The van der Waals surface area contributed by atoms with Crippen molar-refractivity contribution in [2.75, 3.05) is 23.7 Å². The standard InChI is InChI=1S/C20H20N6O5S3/c1-32-10-31-24-13(12-9-34-20(21)22-12)16(27)23-14-17(28)26-15(19(29)30)11(8-33-18(14)26)7-25-5-3-2-4-6-25/h2-6,9,14,18H,7-8,10H2,1H3,(H3-,21,22,23,27,29,30)/p+1/t14?,18-/m0/s1. The number of rotatable bonds is 9. The molecular weight excluding hydrogens is 500 g/mol. The average Bonchev–Trinajstić information content (AvgIpc) is 3.26. The molecule has 1 fully saturated rings. The molecule has 1 saturated heterocycles. The summed E-state index contributed by atoms with van der Waals surface area (Å²) in [6, 6.07) is 4.65. The maximum atomic E-state index is 13.0. The zero-order chi connectivity index (χ0) is 24.2. The minimum atomic E-state index is -1.18. The number of thiazole rings is 1. The molecule has 14 heteroatoms. The van der Waals surface area contributed by atoms with Crippen molar-refractivity contribution in [3.63, 3.8) is 0 Å². The number of nitrogens with zero attached hydrogens (tertiary/aromatic N) is 4. The quantitative estimate of drug-likeness (QED) is 0.107. The zero-order valence-electron chi connectivity index (χ0n) is 17.9. The Hall–Kier alpha value is -3.10. The number of hydrogen-bond donors (Lipinski definition) is 3. The number of aromatic nitrogens is 2. The molecule has 34 heavy (non-hydrogen) atoms. The molecule has 1 unspecified atom stereocenters. The van der Waals surface area contributed by atoms with Crippen LogP contribution in [-0.2, 0) is 25.8 Å². The van der Waals surface area contributed by atoms with Crippen molar-refractivity contribution in [1.29, 1.82) is 0 Å². The van der Waals surface area contributed by atoms with Crippen molar-refractivity contribution >= 4 is 63.5 Å². The SMILES string of the molecule is CSCON=C(C(=O)NC1C(=O)N2C(C(=O)O)=C(C[n+]3ccccc3)CS[C@@H]12)c1csc(N)n1. The first-order chi connectivity index (χ1) is 16.4. The summed E-state index contributed by atoms with van der Waals surface area (Å²) >= 11 is 3.91. The van der Waals surface area contributed by atoms with Crippen LogP contribution >= 0.6 is 34.9 Å². The number of nitrogen functional groups attached to an aromatic ring is 1. The third kappa shape index (κ3) is 4.88. The van der Waals surface area contributed by atoms with Crippen molar-refractivity contribution in [2.24, 2.45) is 5.16 Å². The molecule has 0 bridgehead atoms. The number of β-lactam (4-membered cyclic amide) rings is 1. The molecule has 0 radical (unpaired) electrons. The fourth-order valence-electron chi connectivity index (χ4n) is 3.52. The second kappa shape index (κ2) is 10.4. The predicted octanol–water partition coefficient (Wildman–Crippen LogP) is 0.493. The number of thioether (sulfide) groups is 2. The predicted molar refractivity (Wildman–Crippen MR) is 129 cm³/mol. The van der Waals surface area contributed by atoms with Gasteiger partial charge in [0.1, 0.15) is 22.8 Å². The van der Waals surface area contributed by atoms with Crippen LogP contribution in [0.5, 0.6) is 0 Å². The Morgan fingerprint density at radius 3 is 2.82 bits per heavy atom. The van der Waals surface area contributed by atoms with E-state index in [0.717, 1.165) is 11.3 Å². The summed E-state index contributed by atoms with van der Waals surface area (Å²) in [6.45, 7) is 0.345. The minimum absolute atomic E-state index is 0.0416. The highest BCUT2D eigenvalue weighted by Crippen LogP contribution is 2.40. The van der Waals surface area contributed by atoms with Crippen LogP contribution < -0.4 is 15.6 Å². The van der Waals surface area contributed by atoms with Crippen LogP contribution in [0.1, 0.15) is 5.69 Å². The molecule has 178 valence electrons. The second-order valence-electron chi connectivity index (χ2n) is 7.21. The molecule has 0 saturated carbocycles. The highest BCUT2D eigenvalue weighted by atomic mass is 32.2. The largest absolute Gasteiger partial charge is 0.477 e. The molecule has 0 aromatic carbocycles. The van der Waals surface area contributed by atoms with E-state index in [1.54, 1.807) is 5.38 Å². The Morgan fingerprint density at radius 2 is 2.18 bits per heavy atom. The van der Waals surface area contributed by atoms with Crippen LogP contribution in [0.4, 0.5) is 5.13 Å². The van der Waals surface area contributed by atoms with Crippen LogP contribution in [0.2, 0.25) is 0 Å². The summed E-state index contributed by atoms with van der Waals surface area (Å²) in [7, 11) is 0. The molecule has 0 aliphatic carbocycles. The monoisotopic (exact) mass is 521 g/mol. The van der Waals surface area contributed by atoms with E-state index < -0.39 is 29.2 Å². The summed E-state index contributed by atoms with van der Waals surface area (Å²) in [5.41, 5.74) is 6.38. The number of nitrogens with one attached hydrogen (secondary N) is 1. The summed E-state index contributed by atoms with van der Waals surface area (Å²) in [6.07, 6.45) is 5.47. The number of amides is 2. The van der Waals surface area contributed by atoms with E-state index >= 15 is 0 Å². The Kier molecular flexibility index (Phi) is 7.38.